The topological polar surface area (TPSA) is 70.7 Å². The van der Waals surface area contributed by atoms with E-state index in [1.165, 1.54) is 0 Å². The summed E-state index contributed by atoms with van der Waals surface area (Å²) in [6, 6.07) is 5.48. The molecule has 1 aliphatic rings. The Morgan fingerprint density at radius 2 is 2.12 bits per heavy atom. The van der Waals surface area contributed by atoms with Crippen LogP contribution in [0.1, 0.15) is 39.2 Å². The van der Waals surface area contributed by atoms with Crippen LogP contribution in [0.2, 0.25) is 0 Å². The van der Waals surface area contributed by atoms with Crippen LogP contribution in [-0.4, -0.2) is 42.6 Å². The van der Waals surface area contributed by atoms with E-state index in [9.17, 15) is 9.59 Å². The number of rotatable bonds is 5. The lowest BCUT2D eigenvalue weighted by molar-refractivity contribution is -0.126. The molecule has 1 saturated heterocycles. The zero-order valence-electron chi connectivity index (χ0n) is 15.6. The molecule has 0 unspecified atom stereocenters. The van der Waals surface area contributed by atoms with Crippen LogP contribution in [0.25, 0.3) is 0 Å². The monoisotopic (exact) mass is 347 g/mol. The number of piperidine rings is 1. The predicted molar refractivity (Wildman–Crippen MR) is 98.9 cm³/mol. The maximum absolute atomic E-state index is 12.6. The van der Waals surface area contributed by atoms with Gasteiger partial charge in [0, 0.05) is 25.3 Å². The minimum Gasteiger partial charge on any atom is -0.491 e. The number of hydrogen-bond acceptors (Lipinski definition) is 3. The van der Waals surface area contributed by atoms with Gasteiger partial charge in [-0.2, -0.15) is 0 Å². The van der Waals surface area contributed by atoms with E-state index in [1.54, 1.807) is 4.90 Å². The van der Waals surface area contributed by atoms with Crippen LogP contribution in [0.5, 0.6) is 5.75 Å². The molecule has 0 bridgehead atoms. The van der Waals surface area contributed by atoms with Crippen LogP contribution in [0.15, 0.2) is 18.2 Å². The Balaban J connectivity index is 1.98. The Morgan fingerprint density at radius 1 is 1.36 bits per heavy atom. The minimum atomic E-state index is -0.158. The molecule has 6 nitrogen and oxygen atoms in total. The van der Waals surface area contributed by atoms with Gasteiger partial charge >= 0.3 is 6.03 Å². The molecule has 1 atom stereocenters. The van der Waals surface area contributed by atoms with Gasteiger partial charge < -0.3 is 20.3 Å². The van der Waals surface area contributed by atoms with Gasteiger partial charge in [-0.1, -0.05) is 0 Å². The summed E-state index contributed by atoms with van der Waals surface area (Å²) < 4.78 is 5.67. The first-order valence-electron chi connectivity index (χ1n) is 9.01. The summed E-state index contributed by atoms with van der Waals surface area (Å²) in [5, 5.41) is 5.80. The molecule has 0 saturated carbocycles. The molecule has 25 heavy (non-hydrogen) atoms. The summed E-state index contributed by atoms with van der Waals surface area (Å²) in [4.78, 5) is 26.3. The number of benzene rings is 1. The number of carbonyl (C=O) groups excluding carboxylic acids is 2. The van der Waals surface area contributed by atoms with Crippen LogP contribution in [0.3, 0.4) is 0 Å². The van der Waals surface area contributed by atoms with Crippen LogP contribution >= 0.6 is 0 Å². The molecule has 3 amide bonds. The van der Waals surface area contributed by atoms with Crippen molar-refractivity contribution >= 4 is 17.6 Å². The molecule has 0 spiro atoms. The normalized spacial score (nSPS) is 17.3. The third-order valence-electron chi connectivity index (χ3n) is 4.24. The first-order chi connectivity index (χ1) is 11.9. The summed E-state index contributed by atoms with van der Waals surface area (Å²) >= 11 is 0. The first-order valence-corrected chi connectivity index (χ1v) is 9.01. The standard InChI is InChI=1S/C19H29N3O3/c1-5-20-18(23)15-7-6-10-22(12-15)19(24)21-17-9-8-16(11-14(17)4)25-13(2)3/h8-9,11,13,15H,5-7,10,12H2,1-4H3,(H,20,23)(H,21,24)/t15-/m0/s1. The van der Waals surface area contributed by atoms with E-state index in [0.29, 0.717) is 19.6 Å². The number of aryl methyl sites for hydroxylation is 1. The second-order valence-electron chi connectivity index (χ2n) is 6.75. The van der Waals surface area contributed by atoms with E-state index in [4.69, 9.17) is 4.74 Å². The zero-order chi connectivity index (χ0) is 18.4. The Bertz CT molecular complexity index is 616. The van der Waals surface area contributed by atoms with E-state index in [0.717, 1.165) is 29.8 Å². The SMILES string of the molecule is CCNC(=O)[C@H]1CCCN(C(=O)Nc2ccc(OC(C)C)cc2C)C1. The highest BCUT2D eigenvalue weighted by Crippen LogP contribution is 2.23. The number of amides is 3. The molecule has 0 aliphatic carbocycles. The molecule has 2 N–H and O–H groups in total. The number of nitrogens with zero attached hydrogens (tertiary/aromatic N) is 1. The van der Waals surface area contributed by atoms with Crippen LogP contribution < -0.4 is 15.4 Å². The van der Waals surface area contributed by atoms with E-state index in [2.05, 4.69) is 10.6 Å². The molecule has 0 radical (unpaired) electrons. The summed E-state index contributed by atoms with van der Waals surface area (Å²) in [7, 11) is 0. The second-order valence-corrected chi connectivity index (χ2v) is 6.75. The Hall–Kier alpha value is -2.24. The zero-order valence-corrected chi connectivity index (χ0v) is 15.6. The van der Waals surface area contributed by atoms with Crippen molar-refractivity contribution in [3.8, 4) is 5.75 Å². The van der Waals surface area contributed by atoms with Crippen molar-refractivity contribution in [1.29, 1.82) is 0 Å². The molecule has 2 rings (SSSR count). The number of nitrogens with one attached hydrogen (secondary N) is 2. The number of likely N-dealkylation sites (tertiary alicyclic amines) is 1. The number of anilines is 1. The fourth-order valence-corrected chi connectivity index (χ4v) is 3.01. The maximum Gasteiger partial charge on any atom is 0.321 e. The van der Waals surface area contributed by atoms with E-state index in [1.807, 2.05) is 45.9 Å². The summed E-state index contributed by atoms with van der Waals surface area (Å²) in [6.07, 6.45) is 1.78. The summed E-state index contributed by atoms with van der Waals surface area (Å²) in [5.41, 5.74) is 1.71. The van der Waals surface area contributed by atoms with Crippen molar-refractivity contribution in [2.75, 3.05) is 25.0 Å². The lowest BCUT2D eigenvalue weighted by Gasteiger charge is -2.32. The van der Waals surface area contributed by atoms with Crippen LogP contribution in [0.4, 0.5) is 10.5 Å². The maximum atomic E-state index is 12.6. The van der Waals surface area contributed by atoms with Crippen molar-refractivity contribution in [1.82, 2.24) is 10.2 Å². The highest BCUT2D eigenvalue weighted by molar-refractivity contribution is 5.91. The second kappa shape index (κ2) is 8.74. The number of hydrogen-bond donors (Lipinski definition) is 2. The lowest BCUT2D eigenvalue weighted by Crippen LogP contribution is -2.46. The van der Waals surface area contributed by atoms with Crippen molar-refractivity contribution in [3.05, 3.63) is 23.8 Å². The average molecular weight is 347 g/mol. The largest absolute Gasteiger partial charge is 0.491 e. The highest BCUT2D eigenvalue weighted by atomic mass is 16.5. The van der Waals surface area contributed by atoms with Crippen LogP contribution in [0, 0.1) is 12.8 Å². The van der Waals surface area contributed by atoms with Gasteiger partial charge in [0.2, 0.25) is 5.91 Å². The Morgan fingerprint density at radius 3 is 2.76 bits per heavy atom. The van der Waals surface area contributed by atoms with Gasteiger partial charge in [0.15, 0.2) is 0 Å². The van der Waals surface area contributed by atoms with Gasteiger partial charge in [0.25, 0.3) is 0 Å². The molecule has 6 heteroatoms. The van der Waals surface area contributed by atoms with Crippen molar-refractivity contribution in [2.24, 2.45) is 5.92 Å². The summed E-state index contributed by atoms with van der Waals surface area (Å²) in [6.45, 7) is 9.56. The van der Waals surface area contributed by atoms with Gasteiger partial charge in [-0.25, -0.2) is 4.79 Å². The minimum absolute atomic E-state index is 0.0337. The Kier molecular flexibility index (Phi) is 6.67. The van der Waals surface area contributed by atoms with Gasteiger partial charge in [0.1, 0.15) is 5.75 Å². The van der Waals surface area contributed by atoms with Crippen molar-refractivity contribution < 1.29 is 14.3 Å². The molecule has 1 fully saturated rings. The lowest BCUT2D eigenvalue weighted by atomic mass is 9.97. The van der Waals surface area contributed by atoms with Crippen molar-refractivity contribution in [2.45, 2.75) is 46.6 Å². The van der Waals surface area contributed by atoms with Crippen LogP contribution in [-0.2, 0) is 4.79 Å². The van der Waals surface area contributed by atoms with Gasteiger partial charge in [-0.05, 0) is 64.3 Å². The molecule has 1 heterocycles. The number of carbonyl (C=O) groups is 2. The van der Waals surface area contributed by atoms with Gasteiger partial charge in [0.05, 0.1) is 12.0 Å². The fourth-order valence-electron chi connectivity index (χ4n) is 3.01. The smallest absolute Gasteiger partial charge is 0.321 e. The molecule has 0 aromatic heterocycles. The molecular weight excluding hydrogens is 318 g/mol. The average Bonchev–Trinajstić information content (AvgIpc) is 2.57. The molecule has 138 valence electrons. The van der Waals surface area contributed by atoms with E-state index >= 15 is 0 Å². The molecular formula is C19H29N3O3. The third kappa shape index (κ3) is 5.37. The molecule has 1 aliphatic heterocycles. The highest BCUT2D eigenvalue weighted by Gasteiger charge is 2.28. The molecule has 1 aromatic carbocycles. The number of ether oxygens (including phenoxy) is 1. The first kappa shape index (κ1) is 19.1. The third-order valence-corrected chi connectivity index (χ3v) is 4.24. The quantitative estimate of drug-likeness (QED) is 0.859. The fraction of sp³-hybridized carbons (Fsp3) is 0.579. The predicted octanol–water partition coefficient (Wildman–Crippen LogP) is 3.16. The summed E-state index contributed by atoms with van der Waals surface area (Å²) in [5.74, 6) is 0.702. The number of urea groups is 1. The van der Waals surface area contributed by atoms with Crippen molar-refractivity contribution in [3.63, 3.8) is 0 Å². The van der Waals surface area contributed by atoms with Gasteiger partial charge in [-0.15, -0.1) is 0 Å². The van der Waals surface area contributed by atoms with E-state index in [-0.39, 0.29) is 24.0 Å². The molecule has 1 aromatic rings. The Labute approximate surface area is 149 Å². The van der Waals surface area contributed by atoms with E-state index < -0.39 is 0 Å². The van der Waals surface area contributed by atoms with Gasteiger partial charge in [-0.3, -0.25) is 4.79 Å².